The summed E-state index contributed by atoms with van der Waals surface area (Å²) in [6.07, 6.45) is 6.18. The van der Waals surface area contributed by atoms with Crippen LogP contribution in [0.15, 0.2) is 35.4 Å². The molecule has 0 amide bonds. The first-order valence-corrected chi connectivity index (χ1v) is 11.4. The van der Waals surface area contributed by atoms with Gasteiger partial charge < -0.3 is 4.90 Å². The Balaban J connectivity index is 1.30. The standard InChI is InChI=1S/C18H26N6O3S/c25-18-4-3-17(23-9-1-7-19-23)20-24(18)15-16-5-10-21(11-6-16)12-13-22-8-2-14-28(22,26)27/h1,3-4,7,9,16H,2,5-6,8,10-15H2. The molecule has 0 saturated carbocycles. The predicted octanol–water partition coefficient (Wildman–Crippen LogP) is 0.177. The van der Waals surface area contributed by atoms with E-state index in [-0.39, 0.29) is 11.3 Å². The van der Waals surface area contributed by atoms with Crippen LogP contribution in [0.3, 0.4) is 0 Å². The molecular weight excluding hydrogens is 380 g/mol. The Bertz CT molecular complexity index is 948. The molecule has 0 unspecified atom stereocenters. The van der Waals surface area contributed by atoms with Gasteiger partial charge in [0.25, 0.3) is 5.56 Å². The lowest BCUT2D eigenvalue weighted by atomic mass is 9.97. The number of aromatic nitrogens is 4. The van der Waals surface area contributed by atoms with E-state index in [2.05, 4.69) is 15.1 Å². The summed E-state index contributed by atoms with van der Waals surface area (Å²) in [4.78, 5) is 14.5. The molecule has 0 radical (unpaired) electrons. The first-order valence-electron chi connectivity index (χ1n) is 9.80. The molecule has 2 aliphatic heterocycles. The van der Waals surface area contributed by atoms with Crippen molar-refractivity contribution in [1.82, 2.24) is 28.8 Å². The second-order valence-corrected chi connectivity index (χ2v) is 9.60. The summed E-state index contributed by atoms with van der Waals surface area (Å²) in [6.45, 7) is 4.46. The molecular formula is C18H26N6O3S. The smallest absolute Gasteiger partial charge is 0.266 e. The minimum Gasteiger partial charge on any atom is -0.302 e. The summed E-state index contributed by atoms with van der Waals surface area (Å²) < 4.78 is 28.6. The summed E-state index contributed by atoms with van der Waals surface area (Å²) in [7, 11) is -3.01. The monoisotopic (exact) mass is 406 g/mol. The molecule has 152 valence electrons. The van der Waals surface area contributed by atoms with Gasteiger partial charge in [-0.2, -0.15) is 5.10 Å². The van der Waals surface area contributed by atoms with Crippen LogP contribution in [0.5, 0.6) is 0 Å². The molecule has 0 aliphatic carbocycles. The van der Waals surface area contributed by atoms with E-state index in [0.29, 0.717) is 31.4 Å². The predicted molar refractivity (Wildman–Crippen MR) is 105 cm³/mol. The molecule has 2 saturated heterocycles. The third-order valence-corrected chi connectivity index (χ3v) is 7.56. The van der Waals surface area contributed by atoms with Gasteiger partial charge in [-0.05, 0) is 50.4 Å². The van der Waals surface area contributed by atoms with Crippen LogP contribution in [0.4, 0.5) is 0 Å². The van der Waals surface area contributed by atoms with Gasteiger partial charge in [0.2, 0.25) is 10.0 Å². The largest absolute Gasteiger partial charge is 0.302 e. The highest BCUT2D eigenvalue weighted by Gasteiger charge is 2.29. The third kappa shape index (κ3) is 4.34. The molecule has 0 bridgehead atoms. The van der Waals surface area contributed by atoms with Crippen LogP contribution < -0.4 is 5.56 Å². The van der Waals surface area contributed by atoms with Crippen LogP contribution in [-0.2, 0) is 16.6 Å². The number of hydrogen-bond acceptors (Lipinski definition) is 6. The maximum Gasteiger partial charge on any atom is 0.266 e. The SMILES string of the molecule is O=c1ccc(-n2cccn2)nn1CC1CCN(CCN2CCCS2(=O)=O)CC1. The van der Waals surface area contributed by atoms with E-state index < -0.39 is 10.0 Å². The van der Waals surface area contributed by atoms with Crippen molar-refractivity contribution in [2.75, 3.05) is 38.5 Å². The quantitative estimate of drug-likeness (QED) is 0.679. The zero-order chi connectivity index (χ0) is 19.6. The molecule has 0 N–H and O–H groups in total. The van der Waals surface area contributed by atoms with Crippen LogP contribution in [0.25, 0.3) is 5.82 Å². The lowest BCUT2D eigenvalue weighted by Crippen LogP contribution is -2.41. The molecule has 10 heteroatoms. The number of likely N-dealkylation sites (tertiary alicyclic amines) is 1. The number of piperidine rings is 1. The summed E-state index contributed by atoms with van der Waals surface area (Å²) >= 11 is 0. The zero-order valence-electron chi connectivity index (χ0n) is 15.9. The summed E-state index contributed by atoms with van der Waals surface area (Å²) in [5.41, 5.74) is -0.0995. The van der Waals surface area contributed by atoms with Crippen LogP contribution in [0.2, 0.25) is 0 Å². The fourth-order valence-corrected chi connectivity index (χ4v) is 5.45. The number of hydrogen-bond donors (Lipinski definition) is 0. The fourth-order valence-electron chi connectivity index (χ4n) is 3.93. The number of nitrogens with zero attached hydrogens (tertiary/aromatic N) is 6. The maximum absolute atomic E-state index is 12.2. The summed E-state index contributed by atoms with van der Waals surface area (Å²) in [6, 6.07) is 5.04. The van der Waals surface area contributed by atoms with Gasteiger partial charge in [0.15, 0.2) is 5.82 Å². The maximum atomic E-state index is 12.2. The van der Waals surface area contributed by atoms with Gasteiger partial charge in [0.1, 0.15) is 0 Å². The average molecular weight is 407 g/mol. The van der Waals surface area contributed by atoms with Crippen LogP contribution in [0.1, 0.15) is 19.3 Å². The van der Waals surface area contributed by atoms with E-state index in [1.807, 2.05) is 6.07 Å². The molecule has 9 nitrogen and oxygen atoms in total. The third-order valence-electron chi connectivity index (χ3n) is 5.60. The van der Waals surface area contributed by atoms with Crippen molar-refractivity contribution < 1.29 is 8.42 Å². The van der Waals surface area contributed by atoms with E-state index in [1.54, 1.807) is 27.4 Å². The summed E-state index contributed by atoms with van der Waals surface area (Å²) in [5, 5.41) is 8.61. The van der Waals surface area contributed by atoms with Crippen molar-refractivity contribution in [1.29, 1.82) is 0 Å². The van der Waals surface area contributed by atoms with Crippen molar-refractivity contribution >= 4 is 10.0 Å². The van der Waals surface area contributed by atoms with Gasteiger partial charge in [0.05, 0.1) is 5.75 Å². The van der Waals surface area contributed by atoms with Gasteiger partial charge in [-0.15, -0.1) is 5.10 Å². The first kappa shape index (κ1) is 19.3. The number of sulfonamides is 1. The van der Waals surface area contributed by atoms with E-state index in [1.165, 1.54) is 10.7 Å². The number of rotatable bonds is 6. The Kier molecular flexibility index (Phi) is 5.61. The molecule has 4 heterocycles. The highest BCUT2D eigenvalue weighted by Crippen LogP contribution is 2.19. The Morgan fingerprint density at radius 2 is 1.93 bits per heavy atom. The molecule has 2 aromatic rings. The average Bonchev–Trinajstić information content (AvgIpc) is 3.32. The van der Waals surface area contributed by atoms with Gasteiger partial charge >= 0.3 is 0 Å². The highest BCUT2D eigenvalue weighted by atomic mass is 32.2. The van der Waals surface area contributed by atoms with Crippen molar-refractivity contribution in [2.45, 2.75) is 25.8 Å². The van der Waals surface area contributed by atoms with Gasteiger partial charge in [-0.1, -0.05) is 0 Å². The minimum atomic E-state index is -3.01. The van der Waals surface area contributed by atoms with Gasteiger partial charge in [-0.25, -0.2) is 22.1 Å². The van der Waals surface area contributed by atoms with Crippen molar-refractivity contribution in [2.24, 2.45) is 5.92 Å². The van der Waals surface area contributed by atoms with Gasteiger partial charge in [-0.3, -0.25) is 4.79 Å². The lowest BCUT2D eigenvalue weighted by molar-refractivity contribution is 0.163. The molecule has 0 atom stereocenters. The van der Waals surface area contributed by atoms with E-state index >= 15 is 0 Å². The molecule has 2 aliphatic rings. The molecule has 4 rings (SSSR count). The van der Waals surface area contributed by atoms with E-state index in [0.717, 1.165) is 38.9 Å². The molecule has 2 aromatic heterocycles. The van der Waals surface area contributed by atoms with Crippen LogP contribution in [0, 0.1) is 5.92 Å². The normalized spacial score (nSPS) is 21.3. The van der Waals surface area contributed by atoms with E-state index in [9.17, 15) is 13.2 Å². The molecule has 2 fully saturated rings. The molecule has 0 spiro atoms. The lowest BCUT2D eigenvalue weighted by Gasteiger charge is -2.32. The topological polar surface area (TPSA) is 93.3 Å². The Labute approximate surface area is 164 Å². The Morgan fingerprint density at radius 1 is 1.11 bits per heavy atom. The van der Waals surface area contributed by atoms with Gasteiger partial charge in [0, 0.05) is 44.6 Å². The van der Waals surface area contributed by atoms with Crippen molar-refractivity contribution in [3.05, 3.63) is 40.9 Å². The first-order chi connectivity index (χ1) is 13.5. The fraction of sp³-hybridized carbons (Fsp3) is 0.611. The highest BCUT2D eigenvalue weighted by molar-refractivity contribution is 7.89. The Morgan fingerprint density at radius 3 is 2.61 bits per heavy atom. The minimum absolute atomic E-state index is 0.0995. The van der Waals surface area contributed by atoms with Crippen molar-refractivity contribution in [3.8, 4) is 5.82 Å². The zero-order valence-corrected chi connectivity index (χ0v) is 16.7. The second kappa shape index (κ2) is 8.14. The van der Waals surface area contributed by atoms with E-state index in [4.69, 9.17) is 0 Å². The molecule has 0 aromatic carbocycles. The van der Waals surface area contributed by atoms with Crippen molar-refractivity contribution in [3.63, 3.8) is 0 Å². The second-order valence-electron chi connectivity index (χ2n) is 7.52. The van der Waals surface area contributed by atoms with Crippen LogP contribution in [-0.4, -0.2) is 75.7 Å². The Hall–Kier alpha value is -2.04. The summed E-state index contributed by atoms with van der Waals surface area (Å²) in [5.74, 6) is 1.31. The molecule has 28 heavy (non-hydrogen) atoms. The van der Waals surface area contributed by atoms with Crippen LogP contribution >= 0.6 is 0 Å².